The monoisotopic (exact) mass is 405 g/mol. The molecule has 0 spiro atoms. The molecule has 1 atom stereocenters. The number of hydrogen-bond donors (Lipinski definition) is 2. The van der Waals surface area contributed by atoms with E-state index in [-0.39, 0.29) is 6.04 Å². The van der Waals surface area contributed by atoms with Crippen molar-refractivity contribution < 1.29 is 0 Å². The van der Waals surface area contributed by atoms with Gasteiger partial charge in [0.25, 0.3) is 0 Å². The molecule has 25 heavy (non-hydrogen) atoms. The zero-order valence-electron chi connectivity index (χ0n) is 15.7. The van der Waals surface area contributed by atoms with Crippen LogP contribution in [-0.2, 0) is 20.0 Å². The minimum Gasteiger partial charge on any atom is -0.357 e. The predicted octanol–water partition coefficient (Wildman–Crippen LogP) is 3.49. The summed E-state index contributed by atoms with van der Waals surface area (Å²) in [6, 6.07) is 8.53. The van der Waals surface area contributed by atoms with Gasteiger partial charge in [-0.2, -0.15) is 5.10 Å². The van der Waals surface area contributed by atoms with Crippen LogP contribution in [0.25, 0.3) is 0 Å². The largest absolute Gasteiger partial charge is 0.357 e. The lowest BCUT2D eigenvalue weighted by Crippen LogP contribution is -2.43. The highest BCUT2D eigenvalue weighted by Crippen LogP contribution is 2.14. The highest BCUT2D eigenvalue weighted by molar-refractivity contribution is 9.10. The Morgan fingerprint density at radius 2 is 1.96 bits per heavy atom. The highest BCUT2D eigenvalue weighted by Gasteiger charge is 2.13. The number of aliphatic imine (C=N–C) groups is 1. The summed E-state index contributed by atoms with van der Waals surface area (Å²) >= 11 is 3.46. The number of guanidine groups is 1. The molecule has 2 aromatic rings. The van der Waals surface area contributed by atoms with Gasteiger partial charge in [0.2, 0.25) is 0 Å². The fraction of sp³-hybridized carbons (Fsp3) is 0.474. The lowest BCUT2D eigenvalue weighted by Gasteiger charge is -2.18. The lowest BCUT2D eigenvalue weighted by molar-refractivity contribution is 0.636. The maximum atomic E-state index is 4.70. The van der Waals surface area contributed by atoms with E-state index in [0.717, 1.165) is 29.1 Å². The maximum absolute atomic E-state index is 4.70. The van der Waals surface area contributed by atoms with Gasteiger partial charge in [0.1, 0.15) is 0 Å². The summed E-state index contributed by atoms with van der Waals surface area (Å²) in [5.74, 6) is 0.845. The molecule has 0 saturated carbocycles. The molecule has 1 heterocycles. The van der Waals surface area contributed by atoms with Crippen molar-refractivity contribution in [3.63, 3.8) is 0 Å². The Bertz CT molecular complexity index is 718. The van der Waals surface area contributed by atoms with Gasteiger partial charge in [-0.15, -0.1) is 0 Å². The van der Waals surface area contributed by atoms with Crippen molar-refractivity contribution in [1.82, 2.24) is 20.4 Å². The van der Waals surface area contributed by atoms with Gasteiger partial charge in [0.15, 0.2) is 5.96 Å². The summed E-state index contributed by atoms with van der Waals surface area (Å²) in [7, 11) is 1.99. The van der Waals surface area contributed by atoms with Crippen LogP contribution in [0.3, 0.4) is 0 Å². The fourth-order valence-corrected chi connectivity index (χ4v) is 3.05. The molecule has 6 heteroatoms. The van der Waals surface area contributed by atoms with Crippen molar-refractivity contribution in [2.24, 2.45) is 12.0 Å². The number of nitrogens with one attached hydrogen (secondary N) is 2. The smallest absolute Gasteiger partial charge is 0.191 e. The SMILES string of the molecule is CCNC(=NCc1ccc(Br)cc1)NC(C)Cc1c(C)nn(C)c1C. The third-order valence-electron chi connectivity index (χ3n) is 4.23. The molecular formula is C19H28BrN5. The van der Waals surface area contributed by atoms with Crippen molar-refractivity contribution in [2.75, 3.05) is 6.54 Å². The second-order valence-corrected chi connectivity index (χ2v) is 7.26. The van der Waals surface area contributed by atoms with Gasteiger partial charge in [-0.1, -0.05) is 28.1 Å². The van der Waals surface area contributed by atoms with E-state index in [1.165, 1.54) is 16.8 Å². The molecule has 0 bridgehead atoms. The molecule has 1 aromatic carbocycles. The van der Waals surface area contributed by atoms with Crippen LogP contribution in [0.5, 0.6) is 0 Å². The number of aryl methyl sites for hydroxylation is 2. The van der Waals surface area contributed by atoms with Crippen LogP contribution in [0.4, 0.5) is 0 Å². The molecule has 0 aliphatic rings. The summed E-state index contributed by atoms with van der Waals surface area (Å²) in [5, 5.41) is 11.3. The standard InChI is InChI=1S/C19H28BrN5/c1-6-21-19(22-12-16-7-9-17(20)10-8-16)23-13(2)11-18-14(3)24-25(5)15(18)4/h7-10,13H,6,11-12H2,1-5H3,(H2,21,22,23). The Balaban J connectivity index is 2.01. The molecule has 136 valence electrons. The first-order chi connectivity index (χ1) is 11.9. The zero-order valence-corrected chi connectivity index (χ0v) is 17.3. The molecule has 2 rings (SSSR count). The van der Waals surface area contributed by atoms with Crippen LogP contribution in [-0.4, -0.2) is 28.3 Å². The van der Waals surface area contributed by atoms with E-state index in [0.29, 0.717) is 6.54 Å². The first kappa shape index (κ1) is 19.5. The van der Waals surface area contributed by atoms with Crippen molar-refractivity contribution in [2.45, 2.75) is 46.7 Å². The number of halogens is 1. The number of hydrogen-bond acceptors (Lipinski definition) is 2. The lowest BCUT2D eigenvalue weighted by atomic mass is 10.1. The van der Waals surface area contributed by atoms with Crippen LogP contribution < -0.4 is 10.6 Å². The summed E-state index contributed by atoms with van der Waals surface area (Å²) in [6.45, 7) is 9.94. The average molecular weight is 406 g/mol. The molecule has 0 saturated heterocycles. The van der Waals surface area contributed by atoms with Gasteiger partial charge in [-0.3, -0.25) is 4.68 Å². The third-order valence-corrected chi connectivity index (χ3v) is 4.76. The molecule has 0 radical (unpaired) electrons. The van der Waals surface area contributed by atoms with Crippen LogP contribution in [0.15, 0.2) is 33.7 Å². The minimum absolute atomic E-state index is 0.268. The first-order valence-corrected chi connectivity index (χ1v) is 9.48. The topological polar surface area (TPSA) is 54.2 Å². The van der Waals surface area contributed by atoms with E-state index in [2.05, 4.69) is 71.5 Å². The van der Waals surface area contributed by atoms with Gasteiger partial charge in [-0.25, -0.2) is 4.99 Å². The van der Waals surface area contributed by atoms with E-state index < -0.39 is 0 Å². The maximum Gasteiger partial charge on any atom is 0.191 e. The highest BCUT2D eigenvalue weighted by atomic mass is 79.9. The van der Waals surface area contributed by atoms with Gasteiger partial charge >= 0.3 is 0 Å². The third kappa shape index (κ3) is 5.59. The van der Waals surface area contributed by atoms with Crippen molar-refractivity contribution in [3.8, 4) is 0 Å². The van der Waals surface area contributed by atoms with E-state index in [9.17, 15) is 0 Å². The van der Waals surface area contributed by atoms with Crippen LogP contribution >= 0.6 is 15.9 Å². The Morgan fingerprint density at radius 3 is 2.52 bits per heavy atom. The second-order valence-electron chi connectivity index (χ2n) is 6.34. The van der Waals surface area contributed by atoms with E-state index in [4.69, 9.17) is 4.99 Å². The number of nitrogens with zero attached hydrogens (tertiary/aromatic N) is 3. The van der Waals surface area contributed by atoms with Gasteiger partial charge < -0.3 is 10.6 Å². The zero-order chi connectivity index (χ0) is 18.4. The molecule has 0 fully saturated rings. The normalized spacial score (nSPS) is 13.0. The average Bonchev–Trinajstić information content (AvgIpc) is 2.80. The van der Waals surface area contributed by atoms with Crippen molar-refractivity contribution in [3.05, 3.63) is 51.3 Å². The Morgan fingerprint density at radius 1 is 1.28 bits per heavy atom. The Hall–Kier alpha value is -1.82. The van der Waals surface area contributed by atoms with Gasteiger partial charge in [0, 0.05) is 29.8 Å². The molecule has 0 aliphatic carbocycles. The summed E-state index contributed by atoms with van der Waals surface area (Å²) in [6.07, 6.45) is 0.925. The summed E-state index contributed by atoms with van der Waals surface area (Å²) in [5.41, 5.74) is 4.83. The Kier molecular flexibility index (Phi) is 7.05. The first-order valence-electron chi connectivity index (χ1n) is 8.69. The summed E-state index contributed by atoms with van der Waals surface area (Å²) < 4.78 is 3.03. The van der Waals surface area contributed by atoms with Crippen LogP contribution in [0.1, 0.15) is 36.4 Å². The number of benzene rings is 1. The fourth-order valence-electron chi connectivity index (χ4n) is 2.78. The summed E-state index contributed by atoms with van der Waals surface area (Å²) in [4.78, 5) is 4.70. The molecule has 2 N–H and O–H groups in total. The van der Waals surface area contributed by atoms with E-state index in [1.54, 1.807) is 0 Å². The van der Waals surface area contributed by atoms with Gasteiger partial charge in [0.05, 0.1) is 12.2 Å². The molecule has 1 unspecified atom stereocenters. The molecule has 0 amide bonds. The number of aromatic nitrogens is 2. The van der Waals surface area contributed by atoms with E-state index >= 15 is 0 Å². The molecule has 0 aliphatic heterocycles. The molecule has 5 nitrogen and oxygen atoms in total. The Labute approximate surface area is 159 Å². The van der Waals surface area contributed by atoms with Crippen molar-refractivity contribution in [1.29, 1.82) is 0 Å². The predicted molar refractivity (Wildman–Crippen MR) is 108 cm³/mol. The van der Waals surface area contributed by atoms with Crippen LogP contribution in [0, 0.1) is 13.8 Å². The van der Waals surface area contributed by atoms with E-state index in [1.807, 2.05) is 23.9 Å². The molecular weight excluding hydrogens is 378 g/mol. The quantitative estimate of drug-likeness (QED) is 0.571. The number of rotatable bonds is 6. The van der Waals surface area contributed by atoms with Crippen LogP contribution in [0.2, 0.25) is 0 Å². The molecule has 1 aromatic heterocycles. The van der Waals surface area contributed by atoms with Crippen molar-refractivity contribution >= 4 is 21.9 Å². The second kappa shape index (κ2) is 9.04. The minimum atomic E-state index is 0.268. The van der Waals surface area contributed by atoms with Gasteiger partial charge in [-0.05, 0) is 57.4 Å².